The summed E-state index contributed by atoms with van der Waals surface area (Å²) in [6.07, 6.45) is 3.22. The van der Waals surface area contributed by atoms with Crippen molar-refractivity contribution >= 4 is 26.9 Å². The maximum Gasteiger partial charge on any atom is 0.338 e. The molecule has 156 valence electrons. The van der Waals surface area contributed by atoms with E-state index in [0.29, 0.717) is 22.2 Å². The van der Waals surface area contributed by atoms with Crippen LogP contribution in [0.2, 0.25) is 0 Å². The third-order valence-corrected chi connectivity index (χ3v) is 6.39. The number of hydrogen-bond acceptors (Lipinski definition) is 6. The number of esters is 1. The molecular weight excluding hydrogens is 414 g/mol. The van der Waals surface area contributed by atoms with Crippen LogP contribution in [0.5, 0.6) is 0 Å². The molecule has 0 aliphatic carbocycles. The first-order valence-corrected chi connectivity index (χ1v) is 10.9. The van der Waals surface area contributed by atoms with Crippen LogP contribution >= 0.6 is 0 Å². The first-order chi connectivity index (χ1) is 14.9. The fourth-order valence-corrected chi connectivity index (χ4v) is 4.00. The Morgan fingerprint density at radius 2 is 1.55 bits per heavy atom. The van der Waals surface area contributed by atoms with Crippen LogP contribution < -0.4 is 4.72 Å². The lowest BCUT2D eigenvalue weighted by Gasteiger charge is -2.09. The second kappa shape index (κ2) is 8.25. The van der Waals surface area contributed by atoms with E-state index in [9.17, 15) is 13.2 Å². The highest BCUT2D eigenvalue weighted by Crippen LogP contribution is 2.28. The number of methoxy groups -OCH3 is 1. The molecule has 0 aliphatic heterocycles. The summed E-state index contributed by atoms with van der Waals surface area (Å²) in [5.41, 5.74) is 4.34. The molecule has 2 aromatic heterocycles. The summed E-state index contributed by atoms with van der Waals surface area (Å²) in [6.45, 7) is 0. The van der Waals surface area contributed by atoms with Crippen LogP contribution in [0, 0.1) is 0 Å². The van der Waals surface area contributed by atoms with Gasteiger partial charge in [-0.3, -0.25) is 4.98 Å². The highest BCUT2D eigenvalue weighted by atomic mass is 32.2. The number of aromatic nitrogens is 2. The molecule has 2 heterocycles. The van der Waals surface area contributed by atoms with Gasteiger partial charge in [-0.2, -0.15) is 0 Å². The van der Waals surface area contributed by atoms with Crippen LogP contribution in [0.15, 0.2) is 78.0 Å². The molecule has 7 nitrogen and oxygen atoms in total. The maximum absolute atomic E-state index is 12.2. The van der Waals surface area contributed by atoms with E-state index in [-0.39, 0.29) is 4.90 Å². The van der Waals surface area contributed by atoms with Crippen molar-refractivity contribution in [3.63, 3.8) is 0 Å². The van der Waals surface area contributed by atoms with Gasteiger partial charge in [0.2, 0.25) is 10.0 Å². The summed E-state index contributed by atoms with van der Waals surface area (Å²) in [5, 5.41) is 0.631. The van der Waals surface area contributed by atoms with Crippen LogP contribution in [0.4, 0.5) is 0 Å². The Hall–Kier alpha value is -3.62. The summed E-state index contributed by atoms with van der Waals surface area (Å²) in [7, 11) is -0.752. The zero-order valence-corrected chi connectivity index (χ0v) is 17.7. The molecule has 0 saturated heterocycles. The van der Waals surface area contributed by atoms with Crippen LogP contribution in [0.25, 0.3) is 33.3 Å². The zero-order valence-electron chi connectivity index (χ0n) is 16.9. The number of carbonyl (C=O) groups is 1. The molecular formula is C23H19N3O4S. The van der Waals surface area contributed by atoms with Crippen LogP contribution in [0.3, 0.4) is 0 Å². The zero-order chi connectivity index (χ0) is 22.0. The van der Waals surface area contributed by atoms with E-state index >= 15 is 0 Å². The predicted molar refractivity (Wildman–Crippen MR) is 118 cm³/mol. The lowest BCUT2D eigenvalue weighted by molar-refractivity contribution is 0.0603. The molecule has 8 heteroatoms. The molecule has 0 aliphatic rings. The van der Waals surface area contributed by atoms with Crippen LogP contribution in [-0.2, 0) is 14.8 Å². The van der Waals surface area contributed by atoms with Crippen molar-refractivity contribution in [1.29, 1.82) is 0 Å². The first-order valence-electron chi connectivity index (χ1n) is 9.40. The number of carbonyl (C=O) groups excluding carboxylic acids is 1. The third kappa shape index (κ3) is 4.03. The maximum atomic E-state index is 12.2. The molecule has 0 fully saturated rings. The van der Waals surface area contributed by atoms with Gasteiger partial charge >= 0.3 is 5.97 Å². The van der Waals surface area contributed by atoms with Crippen molar-refractivity contribution in [2.45, 2.75) is 4.90 Å². The van der Waals surface area contributed by atoms with E-state index in [2.05, 4.69) is 14.7 Å². The second-order valence-electron chi connectivity index (χ2n) is 6.75. The average molecular weight is 433 g/mol. The Balaban J connectivity index is 1.70. The smallest absolute Gasteiger partial charge is 0.338 e. The monoisotopic (exact) mass is 433 g/mol. The lowest BCUT2D eigenvalue weighted by Crippen LogP contribution is -2.18. The largest absolute Gasteiger partial charge is 0.465 e. The van der Waals surface area contributed by atoms with E-state index in [4.69, 9.17) is 4.74 Å². The van der Waals surface area contributed by atoms with Gasteiger partial charge in [0.25, 0.3) is 0 Å². The van der Waals surface area contributed by atoms with Gasteiger partial charge in [-0.25, -0.2) is 22.9 Å². The SMILES string of the molecule is CNS(=O)(=O)c1ccc(-c2ccc(-c3cc(C(=O)OC)c4cnccc4n3)cc2)cc1. The van der Waals surface area contributed by atoms with Gasteiger partial charge in [-0.1, -0.05) is 36.4 Å². The van der Waals surface area contributed by atoms with E-state index < -0.39 is 16.0 Å². The summed E-state index contributed by atoms with van der Waals surface area (Å²) in [6, 6.07) is 17.8. The van der Waals surface area contributed by atoms with Crippen molar-refractivity contribution in [3.05, 3.63) is 78.6 Å². The Morgan fingerprint density at radius 3 is 2.16 bits per heavy atom. The highest BCUT2D eigenvalue weighted by Gasteiger charge is 2.15. The Bertz CT molecular complexity index is 1370. The van der Waals surface area contributed by atoms with Gasteiger partial charge < -0.3 is 4.74 Å². The number of sulfonamides is 1. The fraction of sp³-hybridized carbons (Fsp3) is 0.0870. The lowest BCUT2D eigenvalue weighted by atomic mass is 10.0. The molecule has 4 rings (SSSR count). The van der Waals surface area contributed by atoms with Gasteiger partial charge in [0.05, 0.1) is 28.8 Å². The minimum absolute atomic E-state index is 0.209. The molecule has 0 unspecified atom stereocenters. The molecule has 0 bridgehead atoms. The molecule has 4 aromatic rings. The molecule has 2 aromatic carbocycles. The van der Waals surface area contributed by atoms with Crippen molar-refractivity contribution in [2.75, 3.05) is 14.2 Å². The number of nitrogens with one attached hydrogen (secondary N) is 1. The highest BCUT2D eigenvalue weighted by molar-refractivity contribution is 7.89. The number of ether oxygens (including phenoxy) is 1. The Morgan fingerprint density at radius 1 is 0.935 bits per heavy atom. The van der Waals surface area contributed by atoms with Crippen molar-refractivity contribution in [1.82, 2.24) is 14.7 Å². The first kappa shape index (κ1) is 20.6. The summed E-state index contributed by atoms with van der Waals surface area (Å²) in [5.74, 6) is -0.449. The second-order valence-corrected chi connectivity index (χ2v) is 8.64. The number of pyridine rings is 2. The standard InChI is InChI=1S/C23H19N3O4S/c1-24-31(28,29)18-9-7-16(8-10-18)15-3-5-17(6-4-15)22-13-19(23(27)30-2)20-14-25-12-11-21(20)26-22/h3-14,24H,1-2H3. The van der Waals surface area contributed by atoms with Gasteiger partial charge in [0, 0.05) is 23.3 Å². The Labute approximate surface area is 179 Å². The number of hydrogen-bond donors (Lipinski definition) is 1. The minimum atomic E-state index is -3.47. The van der Waals surface area contributed by atoms with Crippen molar-refractivity contribution < 1.29 is 17.9 Å². The van der Waals surface area contributed by atoms with E-state index in [0.717, 1.165) is 16.7 Å². The van der Waals surface area contributed by atoms with Gasteiger partial charge in [-0.05, 0) is 42.4 Å². The third-order valence-electron chi connectivity index (χ3n) is 4.96. The molecule has 0 saturated carbocycles. The number of benzene rings is 2. The number of rotatable bonds is 5. The number of nitrogens with zero attached hydrogens (tertiary/aromatic N) is 2. The topological polar surface area (TPSA) is 98.2 Å². The van der Waals surface area contributed by atoms with Gasteiger partial charge in [-0.15, -0.1) is 0 Å². The summed E-state index contributed by atoms with van der Waals surface area (Å²) in [4.78, 5) is 21.2. The van der Waals surface area contributed by atoms with E-state index in [1.54, 1.807) is 48.8 Å². The molecule has 31 heavy (non-hydrogen) atoms. The van der Waals surface area contributed by atoms with Crippen LogP contribution in [0.1, 0.15) is 10.4 Å². The van der Waals surface area contributed by atoms with E-state index in [1.165, 1.54) is 14.2 Å². The molecule has 1 N–H and O–H groups in total. The molecule has 0 atom stereocenters. The molecule has 0 spiro atoms. The quantitative estimate of drug-likeness (QED) is 0.483. The van der Waals surface area contributed by atoms with Crippen molar-refractivity contribution in [3.8, 4) is 22.4 Å². The average Bonchev–Trinajstić information content (AvgIpc) is 2.83. The van der Waals surface area contributed by atoms with Gasteiger partial charge in [0.1, 0.15) is 0 Å². The van der Waals surface area contributed by atoms with Gasteiger partial charge in [0.15, 0.2) is 0 Å². The molecule has 0 radical (unpaired) electrons. The summed E-state index contributed by atoms with van der Waals surface area (Å²) < 4.78 is 31.0. The fourth-order valence-electron chi connectivity index (χ4n) is 3.27. The van der Waals surface area contributed by atoms with Crippen LogP contribution in [-0.4, -0.2) is 38.5 Å². The number of fused-ring (bicyclic) bond motifs is 1. The molecule has 0 amide bonds. The normalized spacial score (nSPS) is 11.4. The predicted octanol–water partition coefficient (Wildman–Crippen LogP) is 3.66. The van der Waals surface area contributed by atoms with E-state index in [1.807, 2.05) is 24.3 Å². The van der Waals surface area contributed by atoms with Crippen molar-refractivity contribution in [2.24, 2.45) is 0 Å². The Kier molecular flexibility index (Phi) is 5.50. The minimum Gasteiger partial charge on any atom is -0.465 e. The summed E-state index contributed by atoms with van der Waals surface area (Å²) >= 11 is 0.